The van der Waals surface area contributed by atoms with E-state index in [0.29, 0.717) is 0 Å². The minimum absolute atomic E-state index is 0.834. The highest BCUT2D eigenvalue weighted by Gasteiger charge is 2.38. The summed E-state index contributed by atoms with van der Waals surface area (Å²) >= 11 is 0. The first-order chi connectivity index (χ1) is 11.3. The van der Waals surface area contributed by atoms with E-state index in [1.54, 1.807) is 9.79 Å². The van der Waals surface area contributed by atoms with Crippen molar-refractivity contribution in [1.82, 2.24) is 0 Å². The standard InChI is InChI=1S/C22H30S/c1-3-12-19-13-10-11-18-22(19)23(2,20-14-6-4-7-15-20)21-16-8-5-9-17-21/h4-9,14-17,19,22H,3,10-13,18H2,1-2H3. The molecule has 2 aromatic carbocycles. The first kappa shape index (κ1) is 16.6. The van der Waals surface area contributed by atoms with Gasteiger partial charge in [-0.05, 0) is 70.7 Å². The van der Waals surface area contributed by atoms with Gasteiger partial charge in [0.2, 0.25) is 0 Å². The highest BCUT2D eigenvalue weighted by atomic mass is 32.3. The lowest BCUT2D eigenvalue weighted by Crippen LogP contribution is -2.30. The predicted octanol–water partition coefficient (Wildman–Crippen LogP) is 6.90. The average molecular weight is 327 g/mol. The molecular weight excluding hydrogens is 296 g/mol. The van der Waals surface area contributed by atoms with Crippen LogP contribution in [-0.4, -0.2) is 11.5 Å². The van der Waals surface area contributed by atoms with Gasteiger partial charge in [0.1, 0.15) is 0 Å². The topological polar surface area (TPSA) is 0 Å². The van der Waals surface area contributed by atoms with E-state index in [2.05, 4.69) is 73.8 Å². The lowest BCUT2D eigenvalue weighted by molar-refractivity contribution is 0.344. The molecule has 23 heavy (non-hydrogen) atoms. The van der Waals surface area contributed by atoms with E-state index in [1.807, 2.05) is 0 Å². The Bertz CT molecular complexity index is 548. The second-order valence-corrected chi connectivity index (χ2v) is 10.5. The zero-order chi connectivity index (χ0) is 16.1. The number of hydrogen-bond acceptors (Lipinski definition) is 0. The summed E-state index contributed by atoms with van der Waals surface area (Å²) in [5.74, 6) is 0.897. The van der Waals surface area contributed by atoms with Crippen LogP contribution in [0.5, 0.6) is 0 Å². The second kappa shape index (κ2) is 7.57. The van der Waals surface area contributed by atoms with Crippen molar-refractivity contribution in [3.8, 4) is 0 Å². The summed E-state index contributed by atoms with van der Waals surface area (Å²) in [6.45, 7) is 2.35. The maximum atomic E-state index is 2.58. The first-order valence-corrected chi connectivity index (χ1v) is 11.2. The zero-order valence-electron chi connectivity index (χ0n) is 14.6. The Hall–Kier alpha value is -1.21. The summed E-state index contributed by atoms with van der Waals surface area (Å²) in [5.41, 5.74) is 0. The largest absolute Gasteiger partial charge is 0.187 e. The average Bonchev–Trinajstić information content (AvgIpc) is 2.63. The van der Waals surface area contributed by atoms with Gasteiger partial charge >= 0.3 is 0 Å². The highest BCUT2D eigenvalue weighted by molar-refractivity contribution is 8.33. The van der Waals surface area contributed by atoms with Gasteiger partial charge in [0.25, 0.3) is 0 Å². The number of benzene rings is 2. The molecule has 0 saturated heterocycles. The molecule has 0 aliphatic heterocycles. The van der Waals surface area contributed by atoms with Crippen LogP contribution in [0.25, 0.3) is 0 Å². The number of rotatable bonds is 5. The van der Waals surface area contributed by atoms with Crippen LogP contribution in [-0.2, 0) is 0 Å². The van der Waals surface area contributed by atoms with E-state index in [4.69, 9.17) is 0 Å². The van der Waals surface area contributed by atoms with E-state index < -0.39 is 10.0 Å². The maximum Gasteiger partial charge on any atom is -0.000775 e. The van der Waals surface area contributed by atoms with Crippen molar-refractivity contribution >= 4 is 10.0 Å². The van der Waals surface area contributed by atoms with Crippen molar-refractivity contribution in [2.45, 2.75) is 60.5 Å². The van der Waals surface area contributed by atoms with Crippen LogP contribution < -0.4 is 0 Å². The van der Waals surface area contributed by atoms with Gasteiger partial charge in [-0.25, -0.2) is 0 Å². The van der Waals surface area contributed by atoms with Crippen LogP contribution in [0.2, 0.25) is 0 Å². The minimum atomic E-state index is -0.970. The maximum absolute atomic E-state index is 2.58. The van der Waals surface area contributed by atoms with Gasteiger partial charge in [-0.3, -0.25) is 0 Å². The van der Waals surface area contributed by atoms with Crippen molar-refractivity contribution in [2.75, 3.05) is 6.26 Å². The van der Waals surface area contributed by atoms with E-state index in [9.17, 15) is 0 Å². The highest BCUT2D eigenvalue weighted by Crippen LogP contribution is 2.67. The van der Waals surface area contributed by atoms with Gasteiger partial charge in [0, 0.05) is 0 Å². The lowest BCUT2D eigenvalue weighted by Gasteiger charge is -2.50. The summed E-state index contributed by atoms with van der Waals surface area (Å²) in [6.07, 6.45) is 11.0. The first-order valence-electron chi connectivity index (χ1n) is 9.14. The predicted molar refractivity (Wildman–Crippen MR) is 104 cm³/mol. The SMILES string of the molecule is CCCC1CCCCC1S(C)(c1ccccc1)c1ccccc1. The van der Waals surface area contributed by atoms with Gasteiger partial charge < -0.3 is 0 Å². The zero-order valence-corrected chi connectivity index (χ0v) is 15.4. The molecule has 1 fully saturated rings. The fourth-order valence-corrected chi connectivity index (χ4v) is 8.48. The molecule has 0 aromatic heterocycles. The normalized spacial score (nSPS) is 22.7. The Morgan fingerprint density at radius 1 is 0.826 bits per heavy atom. The molecule has 1 saturated carbocycles. The molecule has 0 N–H and O–H groups in total. The van der Waals surface area contributed by atoms with Gasteiger partial charge in [-0.15, -0.1) is 0 Å². The van der Waals surface area contributed by atoms with Crippen molar-refractivity contribution in [1.29, 1.82) is 0 Å². The van der Waals surface area contributed by atoms with E-state index >= 15 is 0 Å². The molecule has 2 atom stereocenters. The van der Waals surface area contributed by atoms with Crippen LogP contribution in [0.3, 0.4) is 0 Å². The Kier molecular flexibility index (Phi) is 5.48. The minimum Gasteiger partial charge on any atom is -0.187 e. The van der Waals surface area contributed by atoms with Crippen LogP contribution in [0.1, 0.15) is 45.4 Å². The summed E-state index contributed by atoms with van der Waals surface area (Å²) in [5, 5.41) is 0.834. The van der Waals surface area contributed by atoms with E-state index in [0.717, 1.165) is 11.2 Å². The molecule has 0 nitrogen and oxygen atoms in total. The molecule has 0 heterocycles. The molecule has 0 amide bonds. The van der Waals surface area contributed by atoms with Crippen LogP contribution in [0.4, 0.5) is 0 Å². The molecule has 0 radical (unpaired) electrons. The van der Waals surface area contributed by atoms with Gasteiger partial charge in [0.05, 0.1) is 0 Å². The molecule has 2 aromatic rings. The third kappa shape index (κ3) is 3.35. The molecule has 0 spiro atoms. The molecule has 1 aliphatic carbocycles. The molecule has 0 bridgehead atoms. The van der Waals surface area contributed by atoms with E-state index in [-0.39, 0.29) is 0 Å². The third-order valence-electron chi connectivity index (χ3n) is 5.57. The van der Waals surface area contributed by atoms with Crippen molar-refractivity contribution < 1.29 is 0 Å². The van der Waals surface area contributed by atoms with Crippen molar-refractivity contribution in [3.05, 3.63) is 60.7 Å². The summed E-state index contributed by atoms with van der Waals surface area (Å²) in [6, 6.07) is 22.7. The van der Waals surface area contributed by atoms with Crippen molar-refractivity contribution in [2.24, 2.45) is 5.92 Å². The van der Waals surface area contributed by atoms with Crippen molar-refractivity contribution in [3.63, 3.8) is 0 Å². The van der Waals surface area contributed by atoms with Crippen LogP contribution in [0.15, 0.2) is 70.5 Å². The van der Waals surface area contributed by atoms with Gasteiger partial charge in [0.15, 0.2) is 0 Å². The Labute approximate surface area is 143 Å². The molecule has 124 valence electrons. The molecular formula is C22H30S. The Morgan fingerprint density at radius 2 is 1.35 bits per heavy atom. The van der Waals surface area contributed by atoms with Crippen LogP contribution >= 0.6 is 10.0 Å². The lowest BCUT2D eigenvalue weighted by atomic mass is 9.86. The summed E-state index contributed by atoms with van der Waals surface area (Å²) < 4.78 is 0. The van der Waals surface area contributed by atoms with Gasteiger partial charge in [-0.2, -0.15) is 10.0 Å². The second-order valence-electron chi connectivity index (χ2n) is 6.98. The quantitative estimate of drug-likeness (QED) is 0.560. The van der Waals surface area contributed by atoms with Gasteiger partial charge in [-0.1, -0.05) is 62.6 Å². The fourth-order valence-electron chi connectivity index (χ4n) is 4.39. The molecule has 1 heteroatoms. The fraction of sp³-hybridized carbons (Fsp3) is 0.455. The monoisotopic (exact) mass is 326 g/mol. The Balaban J connectivity index is 2.08. The van der Waals surface area contributed by atoms with E-state index in [1.165, 1.54) is 38.5 Å². The van der Waals surface area contributed by atoms with Crippen LogP contribution in [0, 0.1) is 5.92 Å². The molecule has 3 rings (SSSR count). The molecule has 2 unspecified atom stereocenters. The summed E-state index contributed by atoms with van der Waals surface area (Å²) in [4.78, 5) is 3.14. The Morgan fingerprint density at radius 3 is 1.87 bits per heavy atom. The number of hydrogen-bond donors (Lipinski definition) is 0. The summed E-state index contributed by atoms with van der Waals surface area (Å²) in [7, 11) is -0.970. The molecule has 1 aliphatic rings. The smallest absolute Gasteiger partial charge is 0.000775 e. The third-order valence-corrected chi connectivity index (χ3v) is 9.90.